The second kappa shape index (κ2) is 8.26. The number of amides is 1. The number of carbonyl (C=O) groups is 2. The molecule has 1 aromatic rings. The Morgan fingerprint density at radius 1 is 1.26 bits per heavy atom. The molecule has 1 aromatic carbocycles. The fourth-order valence-corrected chi connectivity index (χ4v) is 1.66. The van der Waals surface area contributed by atoms with E-state index in [4.69, 9.17) is 9.84 Å². The van der Waals surface area contributed by atoms with E-state index in [1.54, 1.807) is 4.90 Å². The second-order valence-electron chi connectivity index (χ2n) is 4.02. The van der Waals surface area contributed by atoms with Crippen LogP contribution in [0.5, 0.6) is 0 Å². The molecule has 0 fully saturated rings. The molecule has 0 aromatic heterocycles. The van der Waals surface area contributed by atoms with Crippen LogP contribution in [0.15, 0.2) is 30.3 Å². The number of carboxylic acids is 1. The highest BCUT2D eigenvalue weighted by Gasteiger charge is 2.15. The fourth-order valence-electron chi connectivity index (χ4n) is 1.66. The summed E-state index contributed by atoms with van der Waals surface area (Å²) in [5.74, 6) is -1.01. The molecular formula is C14H19NO4. The molecule has 5 nitrogen and oxygen atoms in total. The number of rotatable bonds is 8. The van der Waals surface area contributed by atoms with Crippen LogP contribution in [-0.2, 0) is 14.3 Å². The minimum absolute atomic E-state index is 0.0124. The first kappa shape index (κ1) is 15.2. The summed E-state index contributed by atoms with van der Waals surface area (Å²) >= 11 is 0. The molecule has 0 aliphatic rings. The van der Waals surface area contributed by atoms with Crippen molar-refractivity contribution in [1.29, 1.82) is 0 Å². The van der Waals surface area contributed by atoms with Gasteiger partial charge in [0.25, 0.3) is 5.91 Å². The number of benzene rings is 1. The lowest BCUT2D eigenvalue weighted by molar-refractivity contribution is -0.137. The zero-order valence-electron chi connectivity index (χ0n) is 11.0. The van der Waals surface area contributed by atoms with Crippen LogP contribution in [0.3, 0.4) is 0 Å². The Hall–Kier alpha value is -1.88. The minimum Gasteiger partial charge on any atom is -0.481 e. The Morgan fingerprint density at radius 3 is 2.53 bits per heavy atom. The number of nitrogens with zero attached hydrogens (tertiary/aromatic N) is 1. The standard InChI is InChI=1S/C14H19NO4/c1-2-19-11-13(16)15(10-6-9-14(17)18)12-7-4-3-5-8-12/h3-5,7-8H,2,6,9-11H2,1H3,(H,17,18). The van der Waals surface area contributed by atoms with E-state index < -0.39 is 5.97 Å². The fraction of sp³-hybridized carbons (Fsp3) is 0.429. The third kappa shape index (κ3) is 5.52. The lowest BCUT2D eigenvalue weighted by atomic mass is 10.2. The minimum atomic E-state index is -0.856. The van der Waals surface area contributed by atoms with E-state index in [-0.39, 0.29) is 18.9 Å². The van der Waals surface area contributed by atoms with Crippen molar-refractivity contribution in [3.63, 3.8) is 0 Å². The van der Waals surface area contributed by atoms with Gasteiger partial charge >= 0.3 is 5.97 Å². The number of para-hydroxylation sites is 1. The molecule has 1 rings (SSSR count). The maximum absolute atomic E-state index is 12.0. The van der Waals surface area contributed by atoms with Gasteiger partial charge in [-0.05, 0) is 25.5 Å². The summed E-state index contributed by atoms with van der Waals surface area (Å²) in [6.07, 6.45) is 0.466. The molecule has 19 heavy (non-hydrogen) atoms. The van der Waals surface area contributed by atoms with Crippen LogP contribution in [0, 0.1) is 0 Å². The third-order valence-corrected chi connectivity index (χ3v) is 2.57. The highest BCUT2D eigenvalue weighted by atomic mass is 16.5. The highest BCUT2D eigenvalue weighted by molar-refractivity contribution is 5.94. The molecule has 0 radical (unpaired) electrons. The van der Waals surface area contributed by atoms with Gasteiger partial charge in [0.05, 0.1) is 0 Å². The maximum Gasteiger partial charge on any atom is 0.303 e. The summed E-state index contributed by atoms with van der Waals surface area (Å²) in [5, 5.41) is 8.65. The average molecular weight is 265 g/mol. The van der Waals surface area contributed by atoms with E-state index in [9.17, 15) is 9.59 Å². The first-order valence-electron chi connectivity index (χ1n) is 6.30. The molecule has 0 saturated heterocycles. The Kier molecular flexibility index (Phi) is 6.60. The number of anilines is 1. The van der Waals surface area contributed by atoms with Gasteiger partial charge in [0.15, 0.2) is 0 Å². The lowest BCUT2D eigenvalue weighted by Crippen LogP contribution is -2.35. The summed E-state index contributed by atoms with van der Waals surface area (Å²) < 4.78 is 5.12. The Balaban J connectivity index is 2.67. The van der Waals surface area contributed by atoms with Crippen LogP contribution in [0.2, 0.25) is 0 Å². The van der Waals surface area contributed by atoms with Crippen molar-refractivity contribution < 1.29 is 19.4 Å². The van der Waals surface area contributed by atoms with Gasteiger partial charge in [-0.3, -0.25) is 9.59 Å². The first-order chi connectivity index (χ1) is 9.15. The highest BCUT2D eigenvalue weighted by Crippen LogP contribution is 2.14. The number of hydrogen-bond acceptors (Lipinski definition) is 3. The van der Waals surface area contributed by atoms with Gasteiger partial charge in [-0.2, -0.15) is 0 Å². The summed E-state index contributed by atoms with van der Waals surface area (Å²) in [6, 6.07) is 9.20. The summed E-state index contributed by atoms with van der Waals surface area (Å²) in [5.41, 5.74) is 0.762. The molecule has 1 N–H and O–H groups in total. The number of hydrogen-bond donors (Lipinski definition) is 1. The van der Waals surface area contributed by atoms with Crippen molar-refractivity contribution >= 4 is 17.6 Å². The molecule has 0 aliphatic heterocycles. The Morgan fingerprint density at radius 2 is 1.95 bits per heavy atom. The van der Waals surface area contributed by atoms with Crippen molar-refractivity contribution in [1.82, 2.24) is 0 Å². The monoisotopic (exact) mass is 265 g/mol. The molecule has 5 heteroatoms. The smallest absolute Gasteiger partial charge is 0.303 e. The Labute approximate surface area is 112 Å². The van der Waals surface area contributed by atoms with Crippen molar-refractivity contribution in [2.75, 3.05) is 24.7 Å². The molecule has 0 bridgehead atoms. The molecule has 0 atom stereocenters. The van der Waals surface area contributed by atoms with Crippen LogP contribution in [0.1, 0.15) is 19.8 Å². The quantitative estimate of drug-likeness (QED) is 0.779. The number of carboxylic acid groups (broad SMARTS) is 1. The van der Waals surface area contributed by atoms with Crippen LogP contribution in [0.4, 0.5) is 5.69 Å². The van der Waals surface area contributed by atoms with Crippen LogP contribution >= 0.6 is 0 Å². The van der Waals surface area contributed by atoms with Crippen molar-refractivity contribution in [2.45, 2.75) is 19.8 Å². The predicted octanol–water partition coefficient (Wildman–Crippen LogP) is 1.92. The zero-order chi connectivity index (χ0) is 14.1. The zero-order valence-corrected chi connectivity index (χ0v) is 11.0. The molecule has 104 valence electrons. The van der Waals surface area contributed by atoms with E-state index in [1.165, 1.54) is 0 Å². The van der Waals surface area contributed by atoms with Gasteiger partial charge in [0, 0.05) is 25.3 Å². The van der Waals surface area contributed by atoms with E-state index in [0.717, 1.165) is 5.69 Å². The molecule has 0 unspecified atom stereocenters. The van der Waals surface area contributed by atoms with Gasteiger partial charge in [0.1, 0.15) is 6.61 Å². The number of carbonyl (C=O) groups excluding carboxylic acids is 1. The van der Waals surface area contributed by atoms with Gasteiger partial charge in [-0.1, -0.05) is 18.2 Å². The maximum atomic E-state index is 12.0. The summed E-state index contributed by atoms with van der Waals surface area (Å²) in [4.78, 5) is 24.1. The number of aliphatic carboxylic acids is 1. The van der Waals surface area contributed by atoms with Crippen molar-refractivity contribution in [3.05, 3.63) is 30.3 Å². The Bertz CT molecular complexity index is 405. The van der Waals surface area contributed by atoms with Gasteiger partial charge in [-0.25, -0.2) is 0 Å². The van der Waals surface area contributed by atoms with E-state index in [0.29, 0.717) is 19.6 Å². The number of ether oxygens (including phenoxy) is 1. The average Bonchev–Trinajstić information content (AvgIpc) is 2.41. The van der Waals surface area contributed by atoms with E-state index in [1.807, 2.05) is 37.3 Å². The van der Waals surface area contributed by atoms with E-state index >= 15 is 0 Å². The van der Waals surface area contributed by atoms with Gasteiger partial charge in [0.2, 0.25) is 0 Å². The molecule has 0 spiro atoms. The van der Waals surface area contributed by atoms with E-state index in [2.05, 4.69) is 0 Å². The van der Waals surface area contributed by atoms with Crippen LogP contribution < -0.4 is 4.90 Å². The van der Waals surface area contributed by atoms with Gasteiger partial charge < -0.3 is 14.7 Å². The lowest BCUT2D eigenvalue weighted by Gasteiger charge is -2.22. The normalized spacial score (nSPS) is 10.2. The molecule has 0 aliphatic carbocycles. The first-order valence-corrected chi connectivity index (χ1v) is 6.30. The predicted molar refractivity (Wildman–Crippen MR) is 72.2 cm³/mol. The van der Waals surface area contributed by atoms with Crippen molar-refractivity contribution in [2.24, 2.45) is 0 Å². The topological polar surface area (TPSA) is 66.8 Å². The summed E-state index contributed by atoms with van der Waals surface area (Å²) in [6.45, 7) is 2.69. The molecule has 1 amide bonds. The molecule has 0 heterocycles. The largest absolute Gasteiger partial charge is 0.481 e. The van der Waals surface area contributed by atoms with Crippen LogP contribution in [-0.4, -0.2) is 36.7 Å². The second-order valence-corrected chi connectivity index (χ2v) is 4.02. The molecule has 0 saturated carbocycles. The van der Waals surface area contributed by atoms with Crippen LogP contribution in [0.25, 0.3) is 0 Å². The van der Waals surface area contributed by atoms with Gasteiger partial charge in [-0.15, -0.1) is 0 Å². The third-order valence-electron chi connectivity index (χ3n) is 2.57. The summed E-state index contributed by atoms with van der Waals surface area (Å²) in [7, 11) is 0. The molecular weight excluding hydrogens is 246 g/mol. The van der Waals surface area contributed by atoms with Crippen molar-refractivity contribution in [3.8, 4) is 0 Å². The SMILES string of the molecule is CCOCC(=O)N(CCCC(=O)O)c1ccccc1.